The molecule has 33 heavy (non-hydrogen) atoms. The first-order chi connectivity index (χ1) is 15.9. The number of hydrogen-bond donors (Lipinski definition) is 0. The highest BCUT2D eigenvalue weighted by Crippen LogP contribution is 2.50. The number of hydrogen-bond acceptors (Lipinski definition) is 7. The summed E-state index contributed by atoms with van der Waals surface area (Å²) in [6, 6.07) is 11.4. The van der Waals surface area contributed by atoms with Gasteiger partial charge in [0, 0.05) is 38.4 Å². The molecule has 10 heteroatoms. The minimum atomic E-state index is -3.80. The van der Waals surface area contributed by atoms with Crippen molar-refractivity contribution in [2.75, 3.05) is 57.9 Å². The standard InChI is InChI=1S/C23H28FN3O5S/c1-3-27-22(26-13-11-25(12-14-26)18-9-7-17(24)8-10-18)23(31-15-16-32-23)21-19(30-2)5-4-6-20(21)33(27,28)29/h4-10,22H,3,11-16H2,1-2H3. The van der Waals surface area contributed by atoms with Crippen LogP contribution in [-0.2, 0) is 25.3 Å². The summed E-state index contributed by atoms with van der Waals surface area (Å²) in [5, 5.41) is 0. The van der Waals surface area contributed by atoms with Crippen molar-refractivity contribution in [1.82, 2.24) is 9.21 Å². The van der Waals surface area contributed by atoms with Gasteiger partial charge in [-0.1, -0.05) is 13.0 Å². The molecule has 0 N–H and O–H groups in total. The van der Waals surface area contributed by atoms with E-state index in [-0.39, 0.29) is 17.3 Å². The number of rotatable bonds is 4. The lowest BCUT2D eigenvalue weighted by molar-refractivity contribution is -0.241. The van der Waals surface area contributed by atoms with Crippen LogP contribution in [0.15, 0.2) is 47.4 Å². The van der Waals surface area contributed by atoms with E-state index < -0.39 is 22.0 Å². The third-order valence-corrected chi connectivity index (χ3v) is 8.61. The molecule has 0 amide bonds. The fourth-order valence-corrected chi connectivity index (χ4v) is 7.06. The molecule has 5 rings (SSSR count). The monoisotopic (exact) mass is 477 g/mol. The van der Waals surface area contributed by atoms with Gasteiger partial charge in [-0.3, -0.25) is 4.90 Å². The predicted octanol–water partition coefficient (Wildman–Crippen LogP) is 2.21. The van der Waals surface area contributed by atoms with Crippen molar-refractivity contribution in [2.45, 2.75) is 23.8 Å². The molecule has 1 atom stereocenters. The lowest BCUT2D eigenvalue weighted by atomic mass is 9.98. The summed E-state index contributed by atoms with van der Waals surface area (Å²) in [5.74, 6) is -1.11. The molecule has 178 valence electrons. The van der Waals surface area contributed by atoms with Crippen molar-refractivity contribution in [3.63, 3.8) is 0 Å². The van der Waals surface area contributed by atoms with Crippen molar-refractivity contribution in [1.29, 1.82) is 0 Å². The summed E-state index contributed by atoms with van der Waals surface area (Å²) in [7, 11) is -2.28. The summed E-state index contributed by atoms with van der Waals surface area (Å²) < 4.78 is 60.3. The van der Waals surface area contributed by atoms with Crippen LogP contribution in [-0.4, -0.2) is 76.8 Å². The molecular formula is C23H28FN3O5S. The molecule has 8 nitrogen and oxygen atoms in total. The molecule has 2 saturated heterocycles. The third kappa shape index (κ3) is 3.52. The molecule has 2 aromatic carbocycles. The molecule has 1 spiro atoms. The van der Waals surface area contributed by atoms with E-state index >= 15 is 0 Å². The molecule has 0 radical (unpaired) electrons. The van der Waals surface area contributed by atoms with Gasteiger partial charge in [0.2, 0.25) is 15.8 Å². The molecule has 3 aliphatic rings. The van der Waals surface area contributed by atoms with E-state index in [1.807, 2.05) is 6.92 Å². The van der Waals surface area contributed by atoms with E-state index in [9.17, 15) is 12.8 Å². The Hall–Kier alpha value is -2.24. The summed E-state index contributed by atoms with van der Waals surface area (Å²) in [6.45, 7) is 5.33. The van der Waals surface area contributed by atoms with E-state index in [0.29, 0.717) is 50.7 Å². The molecule has 3 heterocycles. The number of sulfonamides is 1. The Bertz CT molecular complexity index is 1110. The summed E-state index contributed by atoms with van der Waals surface area (Å²) in [5.41, 5.74) is 1.37. The molecule has 0 saturated carbocycles. The normalized spacial score (nSPS) is 24.7. The number of fused-ring (bicyclic) bond motifs is 2. The second kappa shape index (κ2) is 8.52. The van der Waals surface area contributed by atoms with Crippen molar-refractivity contribution >= 4 is 15.7 Å². The Morgan fingerprint density at radius 1 is 1.06 bits per heavy atom. The van der Waals surface area contributed by atoms with Gasteiger partial charge in [-0.25, -0.2) is 12.8 Å². The van der Waals surface area contributed by atoms with Gasteiger partial charge in [0.25, 0.3) is 0 Å². The maximum Gasteiger partial charge on any atom is 0.245 e. The largest absolute Gasteiger partial charge is 0.496 e. The number of likely N-dealkylation sites (N-methyl/N-ethyl adjacent to an activating group) is 1. The molecule has 0 aromatic heterocycles. The zero-order valence-corrected chi connectivity index (χ0v) is 19.6. The van der Waals surface area contributed by atoms with E-state index in [1.165, 1.54) is 23.5 Å². The van der Waals surface area contributed by atoms with Crippen molar-refractivity contribution < 1.29 is 27.0 Å². The summed E-state index contributed by atoms with van der Waals surface area (Å²) in [6.07, 6.45) is -0.672. The SMILES string of the molecule is CCN1C(N2CCN(c3ccc(F)cc3)CC2)C2(OCCO2)c2c(OC)cccc2S1(=O)=O. The topological polar surface area (TPSA) is 71.6 Å². The van der Waals surface area contributed by atoms with E-state index in [4.69, 9.17) is 14.2 Å². The van der Waals surface area contributed by atoms with Gasteiger partial charge >= 0.3 is 0 Å². The van der Waals surface area contributed by atoms with Crippen LogP contribution in [0.25, 0.3) is 0 Å². The van der Waals surface area contributed by atoms with Crippen LogP contribution in [0.1, 0.15) is 12.5 Å². The van der Waals surface area contributed by atoms with Crippen LogP contribution in [0.3, 0.4) is 0 Å². The number of benzene rings is 2. The van der Waals surface area contributed by atoms with Gasteiger partial charge in [0.05, 0.1) is 30.8 Å². The van der Waals surface area contributed by atoms with Gasteiger partial charge in [-0.15, -0.1) is 0 Å². The summed E-state index contributed by atoms with van der Waals surface area (Å²) >= 11 is 0. The highest BCUT2D eigenvalue weighted by Gasteiger charge is 2.61. The quantitative estimate of drug-likeness (QED) is 0.669. The Morgan fingerprint density at radius 2 is 1.73 bits per heavy atom. The average molecular weight is 478 g/mol. The van der Waals surface area contributed by atoms with Crippen LogP contribution in [0.2, 0.25) is 0 Å². The Kier molecular flexibility index (Phi) is 5.82. The lowest BCUT2D eigenvalue weighted by Gasteiger charge is -2.52. The van der Waals surface area contributed by atoms with Gasteiger partial charge < -0.3 is 19.1 Å². The van der Waals surface area contributed by atoms with Crippen molar-refractivity contribution in [3.05, 3.63) is 53.8 Å². The van der Waals surface area contributed by atoms with Gasteiger partial charge in [0.15, 0.2) is 0 Å². The molecule has 0 aliphatic carbocycles. The number of nitrogens with zero attached hydrogens (tertiary/aromatic N) is 3. The molecule has 2 fully saturated rings. The highest BCUT2D eigenvalue weighted by atomic mass is 32.2. The smallest absolute Gasteiger partial charge is 0.245 e. The number of anilines is 1. The summed E-state index contributed by atoms with van der Waals surface area (Å²) in [4.78, 5) is 4.44. The van der Waals surface area contributed by atoms with E-state index in [1.54, 1.807) is 30.3 Å². The minimum absolute atomic E-state index is 0.159. The Balaban J connectivity index is 1.54. The second-order valence-corrected chi connectivity index (χ2v) is 10.1. The van der Waals surface area contributed by atoms with E-state index in [0.717, 1.165) is 5.69 Å². The van der Waals surface area contributed by atoms with Crippen LogP contribution in [0, 0.1) is 5.82 Å². The second-order valence-electron chi connectivity index (χ2n) is 8.28. The van der Waals surface area contributed by atoms with Crippen LogP contribution in [0.4, 0.5) is 10.1 Å². The molecule has 1 unspecified atom stereocenters. The van der Waals surface area contributed by atoms with Gasteiger partial charge in [-0.2, -0.15) is 4.31 Å². The zero-order valence-electron chi connectivity index (χ0n) is 18.7. The number of piperazine rings is 1. The molecule has 2 aromatic rings. The van der Waals surface area contributed by atoms with Crippen LogP contribution in [0.5, 0.6) is 5.75 Å². The van der Waals surface area contributed by atoms with Crippen molar-refractivity contribution in [2.24, 2.45) is 0 Å². The first kappa shape index (κ1) is 22.5. The first-order valence-corrected chi connectivity index (χ1v) is 12.6. The lowest BCUT2D eigenvalue weighted by Crippen LogP contribution is -2.67. The average Bonchev–Trinajstić information content (AvgIpc) is 3.32. The van der Waals surface area contributed by atoms with Gasteiger partial charge in [0.1, 0.15) is 17.7 Å². The highest BCUT2D eigenvalue weighted by molar-refractivity contribution is 7.89. The maximum atomic E-state index is 13.7. The molecule has 3 aliphatic heterocycles. The molecule has 0 bridgehead atoms. The zero-order chi connectivity index (χ0) is 23.2. The minimum Gasteiger partial charge on any atom is -0.496 e. The fourth-order valence-electron chi connectivity index (χ4n) is 5.18. The first-order valence-electron chi connectivity index (χ1n) is 11.1. The van der Waals surface area contributed by atoms with Gasteiger partial charge in [-0.05, 0) is 36.4 Å². The fraction of sp³-hybridized carbons (Fsp3) is 0.478. The van der Waals surface area contributed by atoms with Crippen LogP contribution >= 0.6 is 0 Å². The van der Waals surface area contributed by atoms with E-state index in [2.05, 4.69) is 9.80 Å². The molecular weight excluding hydrogens is 449 g/mol. The van der Waals surface area contributed by atoms with Crippen LogP contribution < -0.4 is 9.64 Å². The maximum absolute atomic E-state index is 13.7. The number of ether oxygens (including phenoxy) is 3. The Morgan fingerprint density at radius 3 is 2.33 bits per heavy atom. The third-order valence-electron chi connectivity index (χ3n) is 6.64. The Labute approximate surface area is 193 Å². The predicted molar refractivity (Wildman–Crippen MR) is 120 cm³/mol. The number of methoxy groups -OCH3 is 1. The number of halogens is 1. The van der Waals surface area contributed by atoms with Crippen molar-refractivity contribution in [3.8, 4) is 5.75 Å².